The number of halogens is 1. The number of carbonyl (C=O) groups is 1. The van der Waals surface area contributed by atoms with E-state index in [0.29, 0.717) is 18.8 Å². The van der Waals surface area contributed by atoms with Gasteiger partial charge in [-0.1, -0.05) is 54.6 Å². The van der Waals surface area contributed by atoms with Crippen molar-refractivity contribution >= 4 is 5.91 Å². The lowest BCUT2D eigenvalue weighted by atomic mass is 10.1. The highest BCUT2D eigenvalue weighted by atomic mass is 19.1. The van der Waals surface area contributed by atoms with Crippen molar-refractivity contribution in [3.8, 4) is 16.9 Å². The maximum absolute atomic E-state index is 13.3. The Labute approximate surface area is 176 Å². The van der Waals surface area contributed by atoms with Gasteiger partial charge in [-0.05, 0) is 35.4 Å². The number of hydrogen-bond acceptors (Lipinski definition) is 2. The summed E-state index contributed by atoms with van der Waals surface area (Å²) in [6.45, 7) is 3.93. The summed E-state index contributed by atoms with van der Waals surface area (Å²) >= 11 is 0. The average molecular weight is 405 g/mol. The van der Waals surface area contributed by atoms with Crippen molar-refractivity contribution in [1.82, 2.24) is 4.90 Å². The number of carbonyl (C=O) groups excluding carboxylic acids is 1. The summed E-state index contributed by atoms with van der Waals surface area (Å²) in [4.78, 5) is 15.7. The second kappa shape index (κ2) is 9.55. The van der Waals surface area contributed by atoms with Gasteiger partial charge in [-0.25, -0.2) is 4.39 Å². The molecule has 0 unspecified atom stereocenters. The number of ether oxygens (including phenoxy) is 1. The zero-order valence-corrected chi connectivity index (χ0v) is 16.9. The van der Waals surface area contributed by atoms with E-state index in [4.69, 9.17) is 4.74 Å². The summed E-state index contributed by atoms with van der Waals surface area (Å²) in [5, 5.41) is 0. The fourth-order valence-corrected chi connectivity index (χ4v) is 3.80. The predicted octanol–water partition coefficient (Wildman–Crippen LogP) is 2.80. The standard InChI is InChI=1S/C25H25FN2O2/c26-23-8-4-5-20(17-23)18-27-13-15-28(16-14-27)25(29)19-30-24-11-9-22(10-12-24)21-6-2-1-3-7-21/h1-12,17H,13-16,18-19H2/p+1. The van der Waals surface area contributed by atoms with E-state index in [2.05, 4.69) is 12.1 Å². The highest BCUT2D eigenvalue weighted by molar-refractivity contribution is 5.77. The van der Waals surface area contributed by atoms with Crippen LogP contribution >= 0.6 is 0 Å². The van der Waals surface area contributed by atoms with Crippen LogP contribution in [-0.4, -0.2) is 43.6 Å². The zero-order valence-electron chi connectivity index (χ0n) is 16.9. The number of quaternary nitrogens is 1. The molecule has 1 saturated heterocycles. The van der Waals surface area contributed by atoms with Gasteiger partial charge in [0.15, 0.2) is 6.61 Å². The van der Waals surface area contributed by atoms with Gasteiger partial charge in [-0.3, -0.25) is 4.79 Å². The number of benzene rings is 3. The lowest BCUT2D eigenvalue weighted by Crippen LogP contribution is -3.13. The van der Waals surface area contributed by atoms with Crippen LogP contribution in [0.25, 0.3) is 11.1 Å². The van der Waals surface area contributed by atoms with E-state index in [-0.39, 0.29) is 18.3 Å². The molecule has 0 aliphatic carbocycles. The summed E-state index contributed by atoms with van der Waals surface area (Å²) in [6.07, 6.45) is 0. The predicted molar refractivity (Wildman–Crippen MR) is 115 cm³/mol. The number of hydrogen-bond donors (Lipinski definition) is 1. The molecule has 1 heterocycles. The molecule has 1 amide bonds. The molecule has 1 N–H and O–H groups in total. The molecule has 30 heavy (non-hydrogen) atoms. The van der Waals surface area contributed by atoms with Gasteiger partial charge in [0, 0.05) is 5.56 Å². The second-order valence-corrected chi connectivity index (χ2v) is 7.62. The molecular formula is C25H26FN2O2+. The van der Waals surface area contributed by atoms with Crippen molar-refractivity contribution in [3.63, 3.8) is 0 Å². The van der Waals surface area contributed by atoms with E-state index in [1.54, 1.807) is 12.1 Å². The van der Waals surface area contributed by atoms with Crippen molar-refractivity contribution in [2.45, 2.75) is 6.54 Å². The van der Waals surface area contributed by atoms with Crippen LogP contribution in [-0.2, 0) is 11.3 Å². The van der Waals surface area contributed by atoms with Crippen LogP contribution in [0.5, 0.6) is 5.75 Å². The molecule has 0 radical (unpaired) electrons. The largest absolute Gasteiger partial charge is 0.484 e. The van der Waals surface area contributed by atoms with Crippen LogP contribution in [0, 0.1) is 5.82 Å². The topological polar surface area (TPSA) is 34.0 Å². The van der Waals surface area contributed by atoms with E-state index in [0.717, 1.165) is 36.3 Å². The summed E-state index contributed by atoms with van der Waals surface area (Å²) in [5.74, 6) is 0.500. The Kier molecular flexibility index (Phi) is 6.40. The molecule has 0 spiro atoms. The van der Waals surface area contributed by atoms with Crippen molar-refractivity contribution in [2.75, 3.05) is 32.8 Å². The van der Waals surface area contributed by atoms with Gasteiger partial charge < -0.3 is 14.5 Å². The summed E-state index contributed by atoms with van der Waals surface area (Å²) in [6, 6.07) is 24.7. The first kappa shape index (κ1) is 20.1. The average Bonchev–Trinajstić information content (AvgIpc) is 2.79. The van der Waals surface area contributed by atoms with E-state index in [1.165, 1.54) is 11.0 Å². The van der Waals surface area contributed by atoms with E-state index >= 15 is 0 Å². The Bertz CT molecular complexity index is 968. The second-order valence-electron chi connectivity index (χ2n) is 7.62. The molecule has 1 aliphatic rings. The van der Waals surface area contributed by atoms with Crippen LogP contribution in [0.1, 0.15) is 5.56 Å². The number of nitrogens with zero attached hydrogens (tertiary/aromatic N) is 1. The molecule has 0 bridgehead atoms. The third-order valence-electron chi connectivity index (χ3n) is 5.49. The van der Waals surface area contributed by atoms with Gasteiger partial charge in [-0.2, -0.15) is 0 Å². The van der Waals surface area contributed by atoms with Crippen LogP contribution in [0.3, 0.4) is 0 Å². The maximum atomic E-state index is 13.3. The number of amides is 1. The summed E-state index contributed by atoms with van der Waals surface area (Å²) < 4.78 is 19.1. The smallest absolute Gasteiger partial charge is 0.260 e. The van der Waals surface area contributed by atoms with Crippen LogP contribution in [0.2, 0.25) is 0 Å². The van der Waals surface area contributed by atoms with Gasteiger partial charge in [0.25, 0.3) is 5.91 Å². The van der Waals surface area contributed by atoms with E-state index < -0.39 is 0 Å². The van der Waals surface area contributed by atoms with Crippen molar-refractivity contribution in [3.05, 3.63) is 90.2 Å². The Morgan fingerprint density at radius 2 is 1.60 bits per heavy atom. The number of piperazine rings is 1. The van der Waals surface area contributed by atoms with Crippen molar-refractivity contribution in [2.24, 2.45) is 0 Å². The first-order valence-corrected chi connectivity index (χ1v) is 10.3. The molecule has 154 valence electrons. The van der Waals surface area contributed by atoms with E-state index in [9.17, 15) is 9.18 Å². The van der Waals surface area contributed by atoms with Gasteiger partial charge in [0.1, 0.15) is 18.1 Å². The lowest BCUT2D eigenvalue weighted by Gasteiger charge is -2.32. The highest BCUT2D eigenvalue weighted by Crippen LogP contribution is 2.22. The molecule has 1 fully saturated rings. The van der Waals surface area contributed by atoms with Crippen LogP contribution in [0.15, 0.2) is 78.9 Å². The first-order valence-electron chi connectivity index (χ1n) is 10.3. The molecule has 0 saturated carbocycles. The van der Waals surface area contributed by atoms with E-state index in [1.807, 2.05) is 53.4 Å². The van der Waals surface area contributed by atoms with Gasteiger partial charge in [0.05, 0.1) is 26.2 Å². The fourth-order valence-electron chi connectivity index (χ4n) is 3.80. The molecule has 3 aromatic carbocycles. The molecule has 0 aromatic heterocycles. The minimum absolute atomic E-state index is 0.00643. The zero-order chi connectivity index (χ0) is 20.8. The first-order chi connectivity index (χ1) is 14.7. The van der Waals surface area contributed by atoms with Gasteiger partial charge >= 0.3 is 0 Å². The summed E-state index contributed by atoms with van der Waals surface area (Å²) in [5.41, 5.74) is 3.26. The molecule has 3 aromatic rings. The number of rotatable bonds is 6. The minimum Gasteiger partial charge on any atom is -0.484 e. The SMILES string of the molecule is O=C(COc1ccc(-c2ccccc2)cc1)N1CC[NH+](Cc2cccc(F)c2)CC1. The van der Waals surface area contributed by atoms with Crippen molar-refractivity contribution in [1.29, 1.82) is 0 Å². The third-order valence-corrected chi connectivity index (χ3v) is 5.49. The quantitative estimate of drug-likeness (QED) is 0.684. The monoisotopic (exact) mass is 405 g/mol. The summed E-state index contributed by atoms with van der Waals surface area (Å²) in [7, 11) is 0. The molecule has 5 heteroatoms. The molecular weight excluding hydrogens is 379 g/mol. The minimum atomic E-state index is -0.199. The fraction of sp³-hybridized carbons (Fsp3) is 0.240. The van der Waals surface area contributed by atoms with Crippen LogP contribution in [0.4, 0.5) is 4.39 Å². The van der Waals surface area contributed by atoms with Gasteiger partial charge in [-0.15, -0.1) is 0 Å². The van der Waals surface area contributed by atoms with Crippen molar-refractivity contribution < 1.29 is 18.8 Å². The Hall–Kier alpha value is -3.18. The highest BCUT2D eigenvalue weighted by Gasteiger charge is 2.24. The van der Waals surface area contributed by atoms with Crippen LogP contribution < -0.4 is 9.64 Å². The Morgan fingerprint density at radius 1 is 0.900 bits per heavy atom. The normalized spacial score (nSPS) is 14.5. The maximum Gasteiger partial charge on any atom is 0.260 e. The Morgan fingerprint density at radius 3 is 2.30 bits per heavy atom. The Balaban J connectivity index is 1.23. The third kappa shape index (κ3) is 5.24. The molecule has 1 aliphatic heterocycles. The molecule has 0 atom stereocenters. The number of nitrogens with one attached hydrogen (secondary N) is 1. The van der Waals surface area contributed by atoms with Gasteiger partial charge in [0.2, 0.25) is 0 Å². The molecule has 4 nitrogen and oxygen atoms in total. The lowest BCUT2D eigenvalue weighted by molar-refractivity contribution is -0.917. The molecule has 4 rings (SSSR count).